The standard InChI is InChI=1S/C11H20N2O6/c1-4-13(6-9(14)19-5-2)11(17)12-8(7-18-3)10(15)16/h8H,4-7H2,1-3H3,(H,12,17)(H,15,16). The third kappa shape index (κ3) is 6.61. The van der Waals surface area contributed by atoms with Crippen LogP contribution in [0.1, 0.15) is 13.8 Å². The number of hydrogen-bond donors (Lipinski definition) is 2. The average molecular weight is 276 g/mol. The zero-order chi connectivity index (χ0) is 14.8. The molecule has 2 amide bonds. The number of carboxylic acid groups (broad SMARTS) is 1. The fourth-order valence-corrected chi connectivity index (χ4v) is 1.27. The minimum atomic E-state index is -1.21. The molecule has 1 atom stereocenters. The molecule has 0 aliphatic rings. The number of aliphatic carboxylic acids is 1. The second-order valence-electron chi connectivity index (χ2n) is 3.61. The Morgan fingerprint density at radius 1 is 1.32 bits per heavy atom. The maximum Gasteiger partial charge on any atom is 0.328 e. The van der Waals surface area contributed by atoms with E-state index in [-0.39, 0.29) is 26.3 Å². The lowest BCUT2D eigenvalue weighted by molar-refractivity contribution is -0.143. The molecule has 0 bridgehead atoms. The van der Waals surface area contributed by atoms with Gasteiger partial charge in [-0.1, -0.05) is 0 Å². The second-order valence-corrected chi connectivity index (χ2v) is 3.61. The zero-order valence-corrected chi connectivity index (χ0v) is 11.3. The first kappa shape index (κ1) is 17.2. The summed E-state index contributed by atoms with van der Waals surface area (Å²) in [6.45, 7) is 3.43. The normalized spacial score (nSPS) is 11.5. The molecule has 0 saturated heterocycles. The SMILES string of the molecule is CCOC(=O)CN(CC)C(=O)NC(COC)C(=O)O. The number of ether oxygens (including phenoxy) is 2. The molecule has 0 aromatic carbocycles. The third-order valence-corrected chi connectivity index (χ3v) is 2.22. The Morgan fingerprint density at radius 3 is 2.37 bits per heavy atom. The molecule has 19 heavy (non-hydrogen) atoms. The lowest BCUT2D eigenvalue weighted by Crippen LogP contribution is -2.51. The minimum absolute atomic E-state index is 0.155. The van der Waals surface area contributed by atoms with Crippen molar-refractivity contribution in [3.05, 3.63) is 0 Å². The van der Waals surface area contributed by atoms with E-state index < -0.39 is 24.0 Å². The molecule has 0 saturated carbocycles. The van der Waals surface area contributed by atoms with E-state index in [9.17, 15) is 14.4 Å². The topological polar surface area (TPSA) is 105 Å². The van der Waals surface area contributed by atoms with Crippen molar-refractivity contribution in [2.24, 2.45) is 0 Å². The first-order chi connectivity index (χ1) is 8.96. The number of hydrogen-bond acceptors (Lipinski definition) is 5. The summed E-state index contributed by atoms with van der Waals surface area (Å²) < 4.78 is 9.42. The quantitative estimate of drug-likeness (QED) is 0.589. The molecule has 0 aromatic heterocycles. The zero-order valence-electron chi connectivity index (χ0n) is 11.3. The van der Waals surface area contributed by atoms with Crippen molar-refractivity contribution in [3.63, 3.8) is 0 Å². The molecule has 0 radical (unpaired) electrons. The van der Waals surface area contributed by atoms with Crippen molar-refractivity contribution in [1.82, 2.24) is 10.2 Å². The molecule has 0 rings (SSSR count). The summed E-state index contributed by atoms with van der Waals surface area (Å²) in [5.41, 5.74) is 0. The van der Waals surface area contributed by atoms with Crippen molar-refractivity contribution < 1.29 is 29.0 Å². The number of likely N-dealkylation sites (N-methyl/N-ethyl adjacent to an activating group) is 1. The van der Waals surface area contributed by atoms with Crippen LogP contribution in [0.25, 0.3) is 0 Å². The molecular formula is C11H20N2O6. The van der Waals surface area contributed by atoms with Crippen molar-refractivity contribution in [2.75, 3.05) is 33.4 Å². The Morgan fingerprint density at radius 2 is 1.95 bits per heavy atom. The number of carboxylic acids is 1. The number of nitrogens with zero attached hydrogens (tertiary/aromatic N) is 1. The maximum atomic E-state index is 11.8. The van der Waals surface area contributed by atoms with Crippen LogP contribution in [0.3, 0.4) is 0 Å². The first-order valence-electron chi connectivity index (χ1n) is 5.89. The number of carbonyl (C=O) groups excluding carboxylic acids is 2. The predicted molar refractivity (Wildman–Crippen MR) is 65.7 cm³/mol. The van der Waals surface area contributed by atoms with Crippen molar-refractivity contribution >= 4 is 18.0 Å². The molecule has 1 unspecified atom stereocenters. The number of amides is 2. The van der Waals surface area contributed by atoms with Crippen molar-refractivity contribution in [1.29, 1.82) is 0 Å². The van der Waals surface area contributed by atoms with Crippen LogP contribution < -0.4 is 5.32 Å². The van der Waals surface area contributed by atoms with Crippen molar-refractivity contribution in [3.8, 4) is 0 Å². The van der Waals surface area contributed by atoms with Crippen LogP contribution in [0, 0.1) is 0 Å². The van der Waals surface area contributed by atoms with Gasteiger partial charge in [0.15, 0.2) is 6.04 Å². The number of urea groups is 1. The highest BCUT2D eigenvalue weighted by molar-refractivity contribution is 5.85. The highest BCUT2D eigenvalue weighted by Crippen LogP contribution is 1.94. The Bertz CT molecular complexity index is 320. The van der Waals surface area contributed by atoms with Crippen LogP contribution in [0.4, 0.5) is 4.79 Å². The van der Waals surface area contributed by atoms with E-state index in [0.717, 1.165) is 4.90 Å². The highest BCUT2D eigenvalue weighted by Gasteiger charge is 2.23. The molecule has 0 heterocycles. The van der Waals surface area contributed by atoms with E-state index in [1.54, 1.807) is 13.8 Å². The number of esters is 1. The Hall–Kier alpha value is -1.83. The second kappa shape index (κ2) is 9.15. The summed E-state index contributed by atoms with van der Waals surface area (Å²) in [6, 6.07) is -1.81. The molecule has 0 fully saturated rings. The number of rotatable bonds is 8. The lowest BCUT2D eigenvalue weighted by Gasteiger charge is -2.22. The lowest BCUT2D eigenvalue weighted by atomic mass is 10.3. The summed E-state index contributed by atoms with van der Waals surface area (Å²) in [5.74, 6) is -1.75. The summed E-state index contributed by atoms with van der Waals surface area (Å²) in [7, 11) is 1.33. The number of carbonyl (C=O) groups is 3. The first-order valence-corrected chi connectivity index (χ1v) is 5.89. The largest absolute Gasteiger partial charge is 0.480 e. The van der Waals surface area contributed by atoms with E-state index in [4.69, 9.17) is 14.6 Å². The van der Waals surface area contributed by atoms with Crippen LogP contribution in [-0.2, 0) is 19.1 Å². The van der Waals surface area contributed by atoms with E-state index in [2.05, 4.69) is 5.32 Å². The van der Waals surface area contributed by atoms with Crippen LogP contribution >= 0.6 is 0 Å². The smallest absolute Gasteiger partial charge is 0.328 e. The van der Waals surface area contributed by atoms with Crippen LogP contribution in [-0.4, -0.2) is 67.4 Å². The molecule has 2 N–H and O–H groups in total. The molecule has 0 aromatic rings. The van der Waals surface area contributed by atoms with E-state index >= 15 is 0 Å². The molecule has 8 heteroatoms. The predicted octanol–water partition coefficient (Wildman–Crippen LogP) is -0.319. The van der Waals surface area contributed by atoms with E-state index in [0.29, 0.717) is 0 Å². The van der Waals surface area contributed by atoms with Gasteiger partial charge in [-0.15, -0.1) is 0 Å². The van der Waals surface area contributed by atoms with Gasteiger partial charge in [0, 0.05) is 13.7 Å². The Kier molecular flexibility index (Phi) is 8.27. The van der Waals surface area contributed by atoms with Gasteiger partial charge in [0.05, 0.1) is 13.2 Å². The molecule has 8 nitrogen and oxygen atoms in total. The maximum absolute atomic E-state index is 11.8. The van der Waals surface area contributed by atoms with Crippen LogP contribution in [0.5, 0.6) is 0 Å². The molecule has 0 aliphatic carbocycles. The monoisotopic (exact) mass is 276 g/mol. The third-order valence-electron chi connectivity index (χ3n) is 2.22. The van der Waals surface area contributed by atoms with Gasteiger partial charge < -0.3 is 24.8 Å². The van der Waals surface area contributed by atoms with Gasteiger partial charge in [0.25, 0.3) is 0 Å². The summed E-state index contributed by atoms with van der Waals surface area (Å²) in [4.78, 5) is 35.1. The van der Waals surface area contributed by atoms with Gasteiger partial charge >= 0.3 is 18.0 Å². The molecule has 0 spiro atoms. The molecular weight excluding hydrogens is 256 g/mol. The van der Waals surface area contributed by atoms with Gasteiger partial charge in [-0.25, -0.2) is 9.59 Å². The van der Waals surface area contributed by atoms with E-state index in [1.165, 1.54) is 7.11 Å². The van der Waals surface area contributed by atoms with Crippen LogP contribution in [0.15, 0.2) is 0 Å². The van der Waals surface area contributed by atoms with E-state index in [1.807, 2.05) is 0 Å². The fraction of sp³-hybridized carbons (Fsp3) is 0.727. The summed E-state index contributed by atoms with van der Waals surface area (Å²) in [6.07, 6.45) is 0. The molecule has 110 valence electrons. The van der Waals surface area contributed by atoms with Gasteiger partial charge in [-0.3, -0.25) is 4.79 Å². The highest BCUT2D eigenvalue weighted by atomic mass is 16.5. The average Bonchev–Trinajstić information content (AvgIpc) is 2.35. The van der Waals surface area contributed by atoms with Crippen molar-refractivity contribution in [2.45, 2.75) is 19.9 Å². The summed E-state index contributed by atoms with van der Waals surface area (Å²) in [5, 5.41) is 11.1. The van der Waals surface area contributed by atoms with Gasteiger partial charge in [-0.05, 0) is 13.8 Å². The summed E-state index contributed by atoms with van der Waals surface area (Å²) >= 11 is 0. The molecule has 0 aliphatic heterocycles. The van der Waals surface area contributed by atoms with Gasteiger partial charge in [0.1, 0.15) is 6.54 Å². The van der Waals surface area contributed by atoms with Crippen LogP contribution in [0.2, 0.25) is 0 Å². The fourth-order valence-electron chi connectivity index (χ4n) is 1.27. The van der Waals surface area contributed by atoms with Gasteiger partial charge in [-0.2, -0.15) is 0 Å². The number of nitrogens with one attached hydrogen (secondary N) is 1. The number of methoxy groups -OCH3 is 1. The Balaban J connectivity index is 4.48. The van der Waals surface area contributed by atoms with Gasteiger partial charge in [0.2, 0.25) is 0 Å². The Labute approximate surface area is 111 Å². The minimum Gasteiger partial charge on any atom is -0.480 e.